The zero-order valence-electron chi connectivity index (χ0n) is 17.6. The van der Waals surface area contributed by atoms with Crippen molar-refractivity contribution in [2.45, 2.75) is 4.90 Å². The van der Waals surface area contributed by atoms with Crippen molar-refractivity contribution in [3.63, 3.8) is 0 Å². The standard InChI is InChI=1S/C21H20N4O7S/c1-31-17-7-4-15(5-8-17)24-33(29,30)21-12-16(25(27)28)6-9-18(21)23-22-13-14-3-10-20(32-2)19(26)11-14/h3-13,23-24,26H,1-2H3/b22-13-. The smallest absolute Gasteiger partial charge is 0.270 e. The molecule has 0 fully saturated rings. The maximum atomic E-state index is 13.0. The number of ether oxygens (including phenoxy) is 2. The quantitative estimate of drug-likeness (QED) is 0.243. The van der Waals surface area contributed by atoms with Crippen LogP contribution in [-0.4, -0.2) is 38.9 Å². The summed E-state index contributed by atoms with van der Waals surface area (Å²) in [4.78, 5) is 10.1. The number of methoxy groups -OCH3 is 2. The first-order valence-corrected chi connectivity index (χ1v) is 10.8. The molecule has 0 aliphatic heterocycles. The summed E-state index contributed by atoms with van der Waals surface area (Å²) in [7, 11) is -1.32. The molecule has 172 valence electrons. The summed E-state index contributed by atoms with van der Waals surface area (Å²) in [6, 6.07) is 14.0. The van der Waals surface area contributed by atoms with E-state index in [9.17, 15) is 23.6 Å². The van der Waals surface area contributed by atoms with Gasteiger partial charge in [0.2, 0.25) is 0 Å². The highest BCUT2D eigenvalue weighted by Crippen LogP contribution is 2.29. The molecule has 0 saturated carbocycles. The van der Waals surface area contributed by atoms with Gasteiger partial charge in [0.15, 0.2) is 11.5 Å². The lowest BCUT2D eigenvalue weighted by molar-refractivity contribution is -0.385. The van der Waals surface area contributed by atoms with Gasteiger partial charge in [0.05, 0.1) is 31.0 Å². The first-order valence-electron chi connectivity index (χ1n) is 9.35. The average molecular weight is 472 g/mol. The normalized spacial score (nSPS) is 11.2. The Morgan fingerprint density at radius 1 is 1.03 bits per heavy atom. The molecule has 0 unspecified atom stereocenters. The van der Waals surface area contributed by atoms with Gasteiger partial charge in [0, 0.05) is 17.8 Å². The molecule has 0 aliphatic carbocycles. The van der Waals surface area contributed by atoms with Crippen LogP contribution < -0.4 is 19.6 Å². The summed E-state index contributed by atoms with van der Waals surface area (Å²) in [6.45, 7) is 0. The van der Waals surface area contributed by atoms with Gasteiger partial charge in [-0.15, -0.1) is 0 Å². The van der Waals surface area contributed by atoms with Crippen LogP contribution in [0, 0.1) is 10.1 Å². The van der Waals surface area contributed by atoms with Crippen LogP contribution in [0.3, 0.4) is 0 Å². The Kier molecular flexibility index (Phi) is 6.98. The molecule has 3 N–H and O–H groups in total. The third kappa shape index (κ3) is 5.68. The molecule has 0 atom stereocenters. The highest BCUT2D eigenvalue weighted by atomic mass is 32.2. The number of non-ortho nitro benzene ring substituents is 1. The van der Waals surface area contributed by atoms with Crippen LogP contribution in [0.1, 0.15) is 5.56 Å². The van der Waals surface area contributed by atoms with Crippen molar-refractivity contribution >= 4 is 33.3 Å². The van der Waals surface area contributed by atoms with E-state index in [0.717, 1.165) is 12.1 Å². The molecule has 3 aromatic carbocycles. The van der Waals surface area contributed by atoms with Gasteiger partial charge < -0.3 is 14.6 Å². The molecule has 0 aliphatic rings. The van der Waals surface area contributed by atoms with Crippen molar-refractivity contribution < 1.29 is 27.9 Å². The fourth-order valence-corrected chi connectivity index (χ4v) is 4.01. The minimum absolute atomic E-state index is 0.00981. The Balaban J connectivity index is 1.90. The van der Waals surface area contributed by atoms with Crippen molar-refractivity contribution in [2.24, 2.45) is 5.10 Å². The van der Waals surface area contributed by atoms with E-state index in [1.807, 2.05) is 0 Å². The lowest BCUT2D eigenvalue weighted by Gasteiger charge is -2.12. The summed E-state index contributed by atoms with van der Waals surface area (Å²) in [5, 5.41) is 25.0. The summed E-state index contributed by atoms with van der Waals surface area (Å²) in [5.74, 6) is 0.728. The van der Waals surface area contributed by atoms with Gasteiger partial charge in [-0.1, -0.05) is 0 Å². The maximum Gasteiger partial charge on any atom is 0.270 e. The fraction of sp³-hybridized carbons (Fsp3) is 0.0952. The lowest BCUT2D eigenvalue weighted by atomic mass is 10.2. The maximum absolute atomic E-state index is 13.0. The summed E-state index contributed by atoms with van der Waals surface area (Å²) >= 11 is 0. The second-order valence-electron chi connectivity index (χ2n) is 6.57. The zero-order chi connectivity index (χ0) is 24.0. The number of benzene rings is 3. The number of hydrogen-bond acceptors (Lipinski definition) is 9. The lowest BCUT2D eigenvalue weighted by Crippen LogP contribution is -2.15. The van der Waals surface area contributed by atoms with E-state index in [-0.39, 0.29) is 27.8 Å². The monoisotopic (exact) mass is 472 g/mol. The molecular weight excluding hydrogens is 452 g/mol. The number of nitro benzene ring substituents is 1. The molecule has 11 nitrogen and oxygen atoms in total. The Hall–Kier alpha value is -4.32. The second kappa shape index (κ2) is 9.87. The number of sulfonamides is 1. The fourth-order valence-electron chi connectivity index (χ4n) is 2.77. The largest absolute Gasteiger partial charge is 0.504 e. The average Bonchev–Trinajstić information content (AvgIpc) is 2.79. The Labute approximate surface area is 189 Å². The number of aromatic hydroxyl groups is 1. The third-order valence-corrected chi connectivity index (χ3v) is 5.83. The number of hydrogen-bond donors (Lipinski definition) is 3. The van der Waals surface area contributed by atoms with Crippen molar-refractivity contribution in [1.29, 1.82) is 0 Å². The van der Waals surface area contributed by atoms with Crippen molar-refractivity contribution in [1.82, 2.24) is 0 Å². The molecule has 12 heteroatoms. The third-order valence-electron chi connectivity index (χ3n) is 4.41. The zero-order valence-corrected chi connectivity index (χ0v) is 18.4. The SMILES string of the molecule is COc1ccc(NS(=O)(=O)c2cc([N+](=O)[O-])ccc2N/N=C\c2ccc(OC)c(O)c2)cc1. The molecule has 33 heavy (non-hydrogen) atoms. The number of phenols is 1. The van der Waals surface area contributed by atoms with Gasteiger partial charge in [0.1, 0.15) is 10.6 Å². The van der Waals surface area contributed by atoms with Crippen molar-refractivity contribution in [3.05, 3.63) is 76.3 Å². The summed E-state index contributed by atoms with van der Waals surface area (Å²) in [6.07, 6.45) is 1.34. The minimum Gasteiger partial charge on any atom is -0.504 e. The topological polar surface area (TPSA) is 152 Å². The number of anilines is 2. The number of nitrogens with zero attached hydrogens (tertiary/aromatic N) is 2. The van der Waals surface area contributed by atoms with E-state index in [4.69, 9.17) is 9.47 Å². The van der Waals surface area contributed by atoms with E-state index in [1.165, 1.54) is 50.8 Å². The van der Waals surface area contributed by atoms with E-state index >= 15 is 0 Å². The molecule has 0 amide bonds. The van der Waals surface area contributed by atoms with E-state index in [2.05, 4.69) is 15.2 Å². The molecule has 3 rings (SSSR count). The number of nitro groups is 1. The molecule has 3 aromatic rings. The molecule has 0 aromatic heterocycles. The number of hydrazone groups is 1. The predicted molar refractivity (Wildman–Crippen MR) is 123 cm³/mol. The molecular formula is C21H20N4O7S. The summed E-state index contributed by atoms with van der Waals surface area (Å²) in [5.41, 5.74) is 2.93. The molecule has 0 bridgehead atoms. The van der Waals surface area contributed by atoms with Crippen molar-refractivity contribution in [3.8, 4) is 17.2 Å². The highest BCUT2D eigenvalue weighted by Gasteiger charge is 2.22. The second-order valence-corrected chi connectivity index (χ2v) is 8.22. The number of phenolic OH excluding ortho intramolecular Hbond substituents is 1. The first-order chi connectivity index (χ1) is 15.7. The Bertz CT molecular complexity index is 1290. The van der Waals surface area contributed by atoms with E-state index < -0.39 is 20.6 Å². The van der Waals surface area contributed by atoms with Crippen LogP contribution >= 0.6 is 0 Å². The van der Waals surface area contributed by atoms with Crippen LogP contribution in [0.5, 0.6) is 17.2 Å². The van der Waals surface area contributed by atoms with Crippen LogP contribution in [0.25, 0.3) is 0 Å². The van der Waals surface area contributed by atoms with Gasteiger partial charge in [0.25, 0.3) is 15.7 Å². The van der Waals surface area contributed by atoms with Gasteiger partial charge in [-0.3, -0.25) is 20.3 Å². The number of nitrogens with one attached hydrogen (secondary N) is 2. The molecule has 0 saturated heterocycles. The van der Waals surface area contributed by atoms with E-state index in [0.29, 0.717) is 11.3 Å². The van der Waals surface area contributed by atoms with Crippen LogP contribution in [0.2, 0.25) is 0 Å². The Morgan fingerprint density at radius 2 is 1.76 bits per heavy atom. The first kappa shape index (κ1) is 23.3. The number of rotatable bonds is 9. The van der Waals surface area contributed by atoms with Crippen molar-refractivity contribution in [2.75, 3.05) is 24.4 Å². The predicted octanol–water partition coefficient (Wildman–Crippen LogP) is 3.56. The molecule has 0 spiro atoms. The molecule has 0 heterocycles. The minimum atomic E-state index is -4.22. The van der Waals surface area contributed by atoms with Gasteiger partial charge in [-0.2, -0.15) is 5.10 Å². The van der Waals surface area contributed by atoms with Crippen LogP contribution in [0.4, 0.5) is 17.1 Å². The van der Waals surface area contributed by atoms with E-state index in [1.54, 1.807) is 18.2 Å². The highest BCUT2D eigenvalue weighted by molar-refractivity contribution is 7.92. The van der Waals surface area contributed by atoms with Gasteiger partial charge in [-0.05, 0) is 54.1 Å². The van der Waals surface area contributed by atoms with Gasteiger partial charge in [-0.25, -0.2) is 8.42 Å². The Morgan fingerprint density at radius 3 is 2.36 bits per heavy atom. The molecule has 0 radical (unpaired) electrons. The van der Waals surface area contributed by atoms with Crippen LogP contribution in [0.15, 0.2) is 70.7 Å². The summed E-state index contributed by atoms with van der Waals surface area (Å²) < 4.78 is 38.4. The van der Waals surface area contributed by atoms with Crippen LogP contribution in [-0.2, 0) is 10.0 Å². The van der Waals surface area contributed by atoms with Gasteiger partial charge >= 0.3 is 0 Å².